The first kappa shape index (κ1) is 12.1. The lowest BCUT2D eigenvalue weighted by Gasteiger charge is -2.05. The van der Waals surface area contributed by atoms with Crippen molar-refractivity contribution in [2.45, 2.75) is 39.7 Å². The van der Waals surface area contributed by atoms with Gasteiger partial charge in [0.25, 0.3) is 5.56 Å². The van der Waals surface area contributed by atoms with Crippen LogP contribution in [0.2, 0.25) is 0 Å². The summed E-state index contributed by atoms with van der Waals surface area (Å²) in [5.74, 6) is 0.621. The van der Waals surface area contributed by atoms with Crippen molar-refractivity contribution in [2.24, 2.45) is 5.92 Å². The first-order valence-corrected chi connectivity index (χ1v) is 7.51. The summed E-state index contributed by atoms with van der Waals surface area (Å²) in [7, 11) is 0. The molecule has 2 atom stereocenters. The van der Waals surface area contributed by atoms with Gasteiger partial charge in [0.1, 0.15) is 4.83 Å². The predicted octanol–water partition coefficient (Wildman–Crippen LogP) is 3.71. The van der Waals surface area contributed by atoms with Crippen LogP contribution in [0, 0.1) is 24.5 Å². The van der Waals surface area contributed by atoms with Crippen molar-refractivity contribution in [2.75, 3.05) is 0 Å². The molecule has 0 amide bonds. The molecule has 2 aromatic rings. The number of H-pyrrole nitrogens is 1. The van der Waals surface area contributed by atoms with E-state index in [0.717, 1.165) is 28.6 Å². The van der Waals surface area contributed by atoms with Crippen molar-refractivity contribution in [3.63, 3.8) is 0 Å². The Morgan fingerprint density at radius 2 is 2.22 bits per heavy atom. The number of rotatable bonds is 2. The first-order valence-electron chi connectivity index (χ1n) is 6.29. The van der Waals surface area contributed by atoms with E-state index in [-0.39, 0.29) is 5.56 Å². The van der Waals surface area contributed by atoms with Crippen LogP contribution in [-0.2, 0) is 0 Å². The van der Waals surface area contributed by atoms with Crippen LogP contribution < -0.4 is 5.56 Å². The zero-order valence-electron chi connectivity index (χ0n) is 10.7. The van der Waals surface area contributed by atoms with Crippen LogP contribution in [0.5, 0.6) is 0 Å². The van der Waals surface area contributed by atoms with Gasteiger partial charge in [-0.25, -0.2) is 0 Å². The van der Waals surface area contributed by atoms with Crippen LogP contribution >= 0.6 is 23.6 Å². The van der Waals surface area contributed by atoms with E-state index >= 15 is 0 Å². The molecule has 1 aliphatic carbocycles. The van der Waals surface area contributed by atoms with E-state index in [4.69, 9.17) is 12.2 Å². The number of aryl methyl sites for hydroxylation is 2. The Morgan fingerprint density at radius 3 is 2.83 bits per heavy atom. The van der Waals surface area contributed by atoms with Crippen LogP contribution in [0.25, 0.3) is 10.2 Å². The Balaban J connectivity index is 2.31. The van der Waals surface area contributed by atoms with E-state index in [1.54, 1.807) is 15.9 Å². The average molecular weight is 280 g/mol. The number of fused-ring (bicyclic) bond motifs is 1. The zero-order valence-corrected chi connectivity index (χ0v) is 12.4. The van der Waals surface area contributed by atoms with E-state index in [2.05, 4.69) is 11.9 Å². The number of hydrogen-bond donors (Lipinski definition) is 1. The minimum atomic E-state index is 0.0940. The SMILES string of the molecule is CCC1CC1n1c(=S)[nH]c2sc(C)c(C)c2c1=O. The molecule has 96 valence electrons. The van der Waals surface area contributed by atoms with Crippen molar-refractivity contribution in [3.05, 3.63) is 25.6 Å². The Labute approximate surface area is 114 Å². The lowest BCUT2D eigenvalue weighted by Crippen LogP contribution is -2.21. The molecule has 2 heterocycles. The van der Waals surface area contributed by atoms with Crippen LogP contribution in [0.4, 0.5) is 0 Å². The van der Waals surface area contributed by atoms with Gasteiger partial charge in [0, 0.05) is 10.9 Å². The van der Waals surface area contributed by atoms with Gasteiger partial charge < -0.3 is 4.98 Å². The van der Waals surface area contributed by atoms with E-state index in [1.807, 2.05) is 13.8 Å². The number of thiophene rings is 1. The Kier molecular flexibility index (Phi) is 2.71. The summed E-state index contributed by atoms with van der Waals surface area (Å²) in [5, 5.41) is 0.827. The summed E-state index contributed by atoms with van der Waals surface area (Å²) < 4.78 is 2.38. The highest BCUT2D eigenvalue weighted by Crippen LogP contribution is 2.45. The lowest BCUT2D eigenvalue weighted by molar-refractivity contribution is 0.610. The van der Waals surface area contributed by atoms with Gasteiger partial charge in [0.2, 0.25) is 0 Å². The molecular formula is C13H16N2OS2. The lowest BCUT2D eigenvalue weighted by atomic mass is 10.2. The fourth-order valence-corrected chi connectivity index (χ4v) is 4.07. The standard InChI is InChI=1S/C13H16N2OS2/c1-4-8-5-9(8)15-12(16)10-6(2)7(3)18-11(10)14-13(15)17/h8-9H,4-5H2,1-3H3,(H,14,17). The van der Waals surface area contributed by atoms with Gasteiger partial charge in [-0.15, -0.1) is 11.3 Å². The van der Waals surface area contributed by atoms with Gasteiger partial charge in [-0.2, -0.15) is 0 Å². The van der Waals surface area contributed by atoms with E-state index < -0.39 is 0 Å². The monoisotopic (exact) mass is 280 g/mol. The quantitative estimate of drug-likeness (QED) is 0.852. The second-order valence-electron chi connectivity index (χ2n) is 5.06. The minimum Gasteiger partial charge on any atom is -0.323 e. The molecule has 1 N–H and O–H groups in total. The molecule has 3 nitrogen and oxygen atoms in total. The smallest absolute Gasteiger partial charge is 0.263 e. The topological polar surface area (TPSA) is 37.8 Å². The van der Waals surface area contributed by atoms with Crippen molar-refractivity contribution < 1.29 is 0 Å². The largest absolute Gasteiger partial charge is 0.323 e. The predicted molar refractivity (Wildman–Crippen MR) is 78.2 cm³/mol. The minimum absolute atomic E-state index is 0.0940. The van der Waals surface area contributed by atoms with E-state index in [0.29, 0.717) is 16.7 Å². The molecule has 18 heavy (non-hydrogen) atoms. The van der Waals surface area contributed by atoms with Gasteiger partial charge in [0.05, 0.1) is 5.39 Å². The Morgan fingerprint density at radius 1 is 1.50 bits per heavy atom. The summed E-state index contributed by atoms with van der Waals surface area (Å²) in [6.45, 7) is 6.23. The highest BCUT2D eigenvalue weighted by atomic mass is 32.1. The fraction of sp³-hybridized carbons (Fsp3) is 0.538. The number of hydrogen-bond acceptors (Lipinski definition) is 3. The van der Waals surface area contributed by atoms with Crippen LogP contribution in [0.3, 0.4) is 0 Å². The molecular weight excluding hydrogens is 264 g/mol. The van der Waals surface area contributed by atoms with Gasteiger partial charge >= 0.3 is 0 Å². The third kappa shape index (κ3) is 1.61. The van der Waals surface area contributed by atoms with Crippen molar-refractivity contribution in [1.82, 2.24) is 9.55 Å². The highest BCUT2D eigenvalue weighted by molar-refractivity contribution is 7.71. The molecule has 0 bridgehead atoms. The Hall–Kier alpha value is -0.940. The van der Waals surface area contributed by atoms with E-state index in [9.17, 15) is 4.79 Å². The number of aromatic nitrogens is 2. The first-order chi connectivity index (χ1) is 8.54. The van der Waals surface area contributed by atoms with Crippen LogP contribution in [0.15, 0.2) is 4.79 Å². The molecule has 3 rings (SSSR count). The fourth-order valence-electron chi connectivity index (χ4n) is 2.63. The normalized spacial score (nSPS) is 22.6. The molecule has 0 aromatic carbocycles. The maximum Gasteiger partial charge on any atom is 0.263 e. The van der Waals surface area contributed by atoms with Gasteiger partial charge in [-0.05, 0) is 44.0 Å². The van der Waals surface area contributed by atoms with Crippen LogP contribution in [-0.4, -0.2) is 9.55 Å². The average Bonchev–Trinajstić information content (AvgIpc) is 3.01. The number of nitrogens with zero attached hydrogens (tertiary/aromatic N) is 1. The van der Waals surface area contributed by atoms with Gasteiger partial charge in [-0.1, -0.05) is 13.3 Å². The Bertz CT molecular complexity index is 738. The zero-order chi connectivity index (χ0) is 13.0. The van der Waals surface area contributed by atoms with Crippen molar-refractivity contribution in [1.29, 1.82) is 0 Å². The number of aromatic amines is 1. The summed E-state index contributed by atoms with van der Waals surface area (Å²) in [6, 6.07) is 0.315. The molecule has 1 aliphatic rings. The summed E-state index contributed by atoms with van der Waals surface area (Å²) in [6.07, 6.45) is 2.20. The molecule has 0 spiro atoms. The molecule has 2 aromatic heterocycles. The highest BCUT2D eigenvalue weighted by Gasteiger charge is 2.38. The van der Waals surface area contributed by atoms with Gasteiger partial charge in [-0.3, -0.25) is 9.36 Å². The summed E-state index contributed by atoms with van der Waals surface area (Å²) in [4.78, 5) is 17.9. The molecule has 0 radical (unpaired) electrons. The molecule has 0 aliphatic heterocycles. The maximum atomic E-state index is 12.6. The third-order valence-electron chi connectivity index (χ3n) is 4.00. The van der Waals surface area contributed by atoms with E-state index in [1.165, 1.54) is 4.88 Å². The summed E-state index contributed by atoms with van der Waals surface area (Å²) >= 11 is 6.97. The second kappa shape index (κ2) is 4.03. The molecule has 2 unspecified atom stereocenters. The molecule has 1 fully saturated rings. The van der Waals surface area contributed by atoms with Crippen LogP contribution in [0.1, 0.15) is 36.2 Å². The second-order valence-corrected chi connectivity index (χ2v) is 6.68. The third-order valence-corrected chi connectivity index (χ3v) is 5.42. The molecule has 5 heteroatoms. The number of nitrogens with one attached hydrogen (secondary N) is 1. The van der Waals surface area contributed by atoms with Gasteiger partial charge in [0.15, 0.2) is 4.77 Å². The maximum absolute atomic E-state index is 12.6. The van der Waals surface area contributed by atoms with Crippen molar-refractivity contribution >= 4 is 33.8 Å². The molecule has 0 saturated heterocycles. The molecule has 1 saturated carbocycles. The van der Waals surface area contributed by atoms with Crippen molar-refractivity contribution in [3.8, 4) is 0 Å². The summed E-state index contributed by atoms with van der Waals surface area (Å²) in [5.41, 5.74) is 1.19.